The molecule has 0 saturated carbocycles. The zero-order chi connectivity index (χ0) is 16.9. The minimum atomic E-state index is -4.57. The van der Waals surface area contributed by atoms with Crippen molar-refractivity contribution in [3.8, 4) is 0 Å². The van der Waals surface area contributed by atoms with Crippen LogP contribution in [0.3, 0.4) is 0 Å². The van der Waals surface area contributed by atoms with E-state index in [9.17, 15) is 13.2 Å². The first-order valence-corrected chi connectivity index (χ1v) is 7.57. The molecule has 1 saturated heterocycles. The van der Waals surface area contributed by atoms with Gasteiger partial charge in [-0.2, -0.15) is 17.7 Å². The molecular formula is C13H11ClF3N7. The number of anilines is 1. The van der Waals surface area contributed by atoms with Gasteiger partial charge in [0.05, 0.1) is 21.6 Å². The Morgan fingerprint density at radius 2 is 1.92 bits per heavy atom. The van der Waals surface area contributed by atoms with Crippen LogP contribution in [0.2, 0.25) is 5.02 Å². The fourth-order valence-electron chi connectivity index (χ4n) is 2.77. The van der Waals surface area contributed by atoms with Crippen LogP contribution in [0.1, 0.15) is 5.56 Å². The number of nitrogens with zero attached hydrogens (tertiary/aromatic N) is 6. The van der Waals surface area contributed by atoms with Crippen LogP contribution in [-0.2, 0) is 6.18 Å². The second-order valence-corrected chi connectivity index (χ2v) is 5.81. The molecule has 0 spiro atoms. The van der Waals surface area contributed by atoms with Crippen molar-refractivity contribution < 1.29 is 13.2 Å². The van der Waals surface area contributed by atoms with Gasteiger partial charge < -0.3 is 10.2 Å². The Hall–Kier alpha value is -2.20. The Labute approximate surface area is 138 Å². The van der Waals surface area contributed by atoms with E-state index in [1.807, 2.05) is 4.90 Å². The van der Waals surface area contributed by atoms with Crippen LogP contribution in [0, 0.1) is 0 Å². The molecule has 24 heavy (non-hydrogen) atoms. The first-order valence-electron chi connectivity index (χ1n) is 7.19. The third-order valence-corrected chi connectivity index (χ3v) is 4.22. The number of tetrazole rings is 1. The molecule has 4 rings (SSSR count). The van der Waals surface area contributed by atoms with E-state index in [1.54, 1.807) is 0 Å². The highest BCUT2D eigenvalue weighted by molar-refractivity contribution is 6.32. The molecule has 0 aliphatic carbocycles. The second-order valence-electron chi connectivity index (χ2n) is 5.41. The first kappa shape index (κ1) is 15.3. The number of aromatic nitrogens is 5. The Morgan fingerprint density at radius 3 is 2.62 bits per heavy atom. The van der Waals surface area contributed by atoms with Gasteiger partial charge in [-0.25, -0.2) is 4.98 Å². The van der Waals surface area contributed by atoms with Gasteiger partial charge in [-0.1, -0.05) is 11.6 Å². The summed E-state index contributed by atoms with van der Waals surface area (Å²) in [6.45, 7) is 2.97. The van der Waals surface area contributed by atoms with Crippen LogP contribution in [0.5, 0.6) is 0 Å². The Kier molecular flexibility index (Phi) is 3.46. The van der Waals surface area contributed by atoms with Gasteiger partial charge >= 0.3 is 6.18 Å². The molecule has 1 aliphatic heterocycles. The lowest BCUT2D eigenvalue weighted by atomic mass is 10.2. The normalized spacial score (nSPS) is 16.2. The van der Waals surface area contributed by atoms with Crippen LogP contribution in [0.4, 0.5) is 19.0 Å². The quantitative estimate of drug-likeness (QED) is 0.715. The topological polar surface area (TPSA) is 71.2 Å². The molecule has 3 heterocycles. The third kappa shape index (κ3) is 2.42. The highest BCUT2D eigenvalue weighted by Gasteiger charge is 2.34. The zero-order valence-corrected chi connectivity index (χ0v) is 12.9. The number of hydrogen-bond acceptors (Lipinski definition) is 6. The molecule has 7 nitrogen and oxygen atoms in total. The molecule has 1 N–H and O–H groups in total. The fourth-order valence-corrected chi connectivity index (χ4v) is 3.03. The molecule has 1 fully saturated rings. The van der Waals surface area contributed by atoms with Crippen LogP contribution >= 0.6 is 11.6 Å². The summed E-state index contributed by atoms with van der Waals surface area (Å²) in [4.78, 5) is 6.46. The molecule has 2 aromatic heterocycles. The summed E-state index contributed by atoms with van der Waals surface area (Å²) in [5.74, 6) is 0.532. The molecule has 0 unspecified atom stereocenters. The molecule has 0 amide bonds. The standard InChI is InChI=1S/C13H11ClF3N7/c14-8-6-9-10(5-7(8)13(15,16)17)24-12(20-21-22-24)11(19-9)23-3-1-18-2-4-23/h5-6,18H,1-4H2. The van der Waals surface area contributed by atoms with Crippen molar-refractivity contribution >= 4 is 34.1 Å². The average molecular weight is 358 g/mol. The maximum absolute atomic E-state index is 13.1. The maximum Gasteiger partial charge on any atom is 0.417 e. The van der Waals surface area contributed by atoms with Crippen molar-refractivity contribution in [1.29, 1.82) is 0 Å². The number of alkyl halides is 3. The van der Waals surface area contributed by atoms with E-state index in [4.69, 9.17) is 11.6 Å². The summed E-state index contributed by atoms with van der Waals surface area (Å²) in [6, 6.07) is 2.13. The number of halogens is 4. The van der Waals surface area contributed by atoms with Gasteiger partial charge in [-0.15, -0.1) is 5.10 Å². The van der Waals surface area contributed by atoms with Crippen LogP contribution in [0.15, 0.2) is 12.1 Å². The third-order valence-electron chi connectivity index (χ3n) is 3.91. The highest BCUT2D eigenvalue weighted by Crippen LogP contribution is 2.37. The number of benzene rings is 1. The van der Waals surface area contributed by atoms with Gasteiger partial charge in [0.2, 0.25) is 5.65 Å². The lowest BCUT2D eigenvalue weighted by Gasteiger charge is -2.28. The van der Waals surface area contributed by atoms with Gasteiger partial charge in [0.15, 0.2) is 5.82 Å². The summed E-state index contributed by atoms with van der Waals surface area (Å²) in [5.41, 5.74) is -0.156. The number of fused-ring (bicyclic) bond motifs is 3. The molecular weight excluding hydrogens is 347 g/mol. The van der Waals surface area contributed by atoms with Gasteiger partial charge in [0.1, 0.15) is 0 Å². The maximum atomic E-state index is 13.1. The van der Waals surface area contributed by atoms with E-state index in [1.165, 1.54) is 10.6 Å². The van der Waals surface area contributed by atoms with Crippen molar-refractivity contribution in [1.82, 2.24) is 30.3 Å². The molecule has 11 heteroatoms. The van der Waals surface area contributed by atoms with Crippen LogP contribution in [0.25, 0.3) is 16.7 Å². The Morgan fingerprint density at radius 1 is 1.17 bits per heavy atom. The lowest BCUT2D eigenvalue weighted by molar-refractivity contribution is -0.137. The van der Waals surface area contributed by atoms with Gasteiger partial charge in [-0.05, 0) is 22.6 Å². The van der Waals surface area contributed by atoms with Crippen molar-refractivity contribution in [2.24, 2.45) is 0 Å². The highest BCUT2D eigenvalue weighted by atomic mass is 35.5. The van der Waals surface area contributed by atoms with Crippen molar-refractivity contribution in [3.63, 3.8) is 0 Å². The first-order chi connectivity index (χ1) is 11.4. The van der Waals surface area contributed by atoms with E-state index >= 15 is 0 Å². The average Bonchev–Trinajstić information content (AvgIpc) is 3.03. The smallest absolute Gasteiger partial charge is 0.351 e. The SMILES string of the molecule is FC(F)(F)c1cc2c(cc1Cl)nc(N1CCNCC1)c1nnnn12. The number of rotatable bonds is 1. The van der Waals surface area contributed by atoms with E-state index in [2.05, 4.69) is 25.8 Å². The minimum Gasteiger partial charge on any atom is -0.351 e. The van der Waals surface area contributed by atoms with E-state index in [0.29, 0.717) is 30.1 Å². The molecule has 1 aromatic carbocycles. The van der Waals surface area contributed by atoms with Crippen molar-refractivity contribution in [2.45, 2.75) is 6.18 Å². The summed E-state index contributed by atoms with van der Waals surface area (Å²) in [5, 5.41) is 14.1. The van der Waals surface area contributed by atoms with Crippen molar-refractivity contribution in [3.05, 3.63) is 22.7 Å². The molecule has 126 valence electrons. The van der Waals surface area contributed by atoms with E-state index in [-0.39, 0.29) is 5.52 Å². The Bertz CT molecular complexity index is 917. The molecule has 1 aliphatic rings. The van der Waals surface area contributed by atoms with E-state index < -0.39 is 16.8 Å². The lowest BCUT2D eigenvalue weighted by Crippen LogP contribution is -2.44. The summed E-state index contributed by atoms with van der Waals surface area (Å²) in [7, 11) is 0. The second kappa shape index (κ2) is 5.42. The fraction of sp³-hybridized carbons (Fsp3) is 0.385. The largest absolute Gasteiger partial charge is 0.417 e. The number of nitrogens with one attached hydrogen (secondary N) is 1. The van der Waals surface area contributed by atoms with Gasteiger partial charge in [0, 0.05) is 26.2 Å². The molecule has 0 atom stereocenters. The Balaban J connectivity index is 1.98. The monoisotopic (exact) mass is 357 g/mol. The number of piperazine rings is 1. The zero-order valence-electron chi connectivity index (χ0n) is 12.2. The van der Waals surface area contributed by atoms with Crippen LogP contribution < -0.4 is 10.2 Å². The molecule has 0 bridgehead atoms. The minimum absolute atomic E-state index is 0.158. The summed E-state index contributed by atoms with van der Waals surface area (Å²) in [6.07, 6.45) is -4.57. The number of hydrogen-bond donors (Lipinski definition) is 1. The van der Waals surface area contributed by atoms with E-state index in [0.717, 1.165) is 19.2 Å². The summed E-state index contributed by atoms with van der Waals surface area (Å²) >= 11 is 5.81. The predicted molar refractivity (Wildman–Crippen MR) is 81.2 cm³/mol. The predicted octanol–water partition coefficient (Wildman–Crippen LogP) is 1.75. The molecule has 0 radical (unpaired) electrons. The van der Waals surface area contributed by atoms with Crippen molar-refractivity contribution in [2.75, 3.05) is 31.1 Å². The molecule has 3 aromatic rings. The van der Waals surface area contributed by atoms with Crippen LogP contribution in [-0.4, -0.2) is 51.2 Å². The van der Waals surface area contributed by atoms with Gasteiger partial charge in [0.25, 0.3) is 0 Å². The summed E-state index contributed by atoms with van der Waals surface area (Å²) < 4.78 is 40.5. The van der Waals surface area contributed by atoms with Gasteiger partial charge in [-0.3, -0.25) is 0 Å².